The minimum Gasteiger partial charge on any atom is -0.477 e. The molecule has 1 aromatic carbocycles. The maximum absolute atomic E-state index is 11.9. The van der Waals surface area contributed by atoms with Crippen molar-refractivity contribution >= 4 is 5.97 Å². The van der Waals surface area contributed by atoms with Crippen LogP contribution in [0.15, 0.2) is 30.5 Å². The van der Waals surface area contributed by atoms with Crippen molar-refractivity contribution in [2.75, 3.05) is 13.3 Å². The van der Waals surface area contributed by atoms with Crippen molar-refractivity contribution < 1.29 is 19.4 Å². The molecule has 148 valence electrons. The summed E-state index contributed by atoms with van der Waals surface area (Å²) in [6.07, 6.45) is 3.90. The van der Waals surface area contributed by atoms with Crippen LogP contribution in [0, 0.1) is 0 Å². The number of nitrogens with zero attached hydrogens (tertiary/aromatic N) is 3. The van der Waals surface area contributed by atoms with E-state index in [2.05, 4.69) is 10.1 Å². The molecule has 0 atom stereocenters. The first-order chi connectivity index (χ1) is 14.2. The molecule has 0 radical (unpaired) electrons. The Hall–Kier alpha value is -3.39. The Morgan fingerprint density at radius 1 is 1.21 bits per heavy atom. The van der Waals surface area contributed by atoms with E-state index in [0.717, 1.165) is 45.8 Å². The van der Waals surface area contributed by atoms with E-state index in [4.69, 9.17) is 15.2 Å². The van der Waals surface area contributed by atoms with Gasteiger partial charge in [-0.3, -0.25) is 9.67 Å². The maximum atomic E-state index is 11.9. The minimum absolute atomic E-state index is 0.220. The summed E-state index contributed by atoms with van der Waals surface area (Å²) in [5, 5.41) is 14.4. The number of rotatable bonds is 5. The molecule has 2 aromatic heterocycles. The second-order valence-corrected chi connectivity index (χ2v) is 7.14. The van der Waals surface area contributed by atoms with Gasteiger partial charge >= 0.3 is 5.97 Å². The zero-order valence-corrected chi connectivity index (χ0v) is 15.7. The van der Waals surface area contributed by atoms with Gasteiger partial charge in [0.1, 0.15) is 5.69 Å². The Labute approximate surface area is 166 Å². The molecule has 0 amide bonds. The van der Waals surface area contributed by atoms with E-state index in [1.54, 1.807) is 4.68 Å². The quantitative estimate of drug-likeness (QED) is 0.686. The third kappa shape index (κ3) is 2.92. The largest absolute Gasteiger partial charge is 0.477 e. The highest BCUT2D eigenvalue weighted by atomic mass is 16.7. The number of carbonyl (C=O) groups is 1. The second-order valence-electron chi connectivity index (χ2n) is 7.14. The summed E-state index contributed by atoms with van der Waals surface area (Å²) in [4.78, 5) is 16.5. The molecule has 0 saturated carbocycles. The van der Waals surface area contributed by atoms with Crippen molar-refractivity contribution in [3.05, 3.63) is 47.3 Å². The molecule has 8 nitrogen and oxygen atoms in total. The number of nitrogens with two attached hydrogens (primary N) is 1. The van der Waals surface area contributed by atoms with Crippen LogP contribution in [-0.2, 0) is 19.4 Å². The topological polar surface area (TPSA) is 112 Å². The van der Waals surface area contributed by atoms with Crippen molar-refractivity contribution in [3.8, 4) is 34.0 Å². The van der Waals surface area contributed by atoms with Crippen LogP contribution < -0.4 is 15.2 Å². The summed E-state index contributed by atoms with van der Waals surface area (Å²) in [6, 6.07) is 7.70. The van der Waals surface area contributed by atoms with Crippen LogP contribution in [0.5, 0.6) is 11.5 Å². The molecule has 8 heteroatoms. The summed E-state index contributed by atoms with van der Waals surface area (Å²) in [5.74, 6) is 0.463. The zero-order chi connectivity index (χ0) is 20.0. The van der Waals surface area contributed by atoms with E-state index in [9.17, 15) is 9.90 Å². The molecule has 3 heterocycles. The number of benzene rings is 1. The fourth-order valence-electron chi connectivity index (χ4n) is 3.97. The van der Waals surface area contributed by atoms with Crippen LogP contribution in [0.2, 0.25) is 0 Å². The lowest BCUT2D eigenvalue weighted by Gasteiger charge is -2.16. The number of ether oxygens (including phenoxy) is 2. The number of pyridine rings is 1. The van der Waals surface area contributed by atoms with Gasteiger partial charge in [0.25, 0.3) is 0 Å². The molecule has 0 fully saturated rings. The Balaban J connectivity index is 1.60. The first-order valence-electron chi connectivity index (χ1n) is 9.58. The lowest BCUT2D eigenvalue weighted by molar-refractivity contribution is 0.0681. The molecule has 1 aliphatic carbocycles. The molecule has 29 heavy (non-hydrogen) atoms. The molecular weight excluding hydrogens is 372 g/mol. The third-order valence-electron chi connectivity index (χ3n) is 5.38. The molecule has 5 rings (SSSR count). The van der Waals surface area contributed by atoms with Crippen molar-refractivity contribution in [2.45, 2.75) is 25.8 Å². The number of aromatic nitrogens is 3. The predicted octanol–water partition coefficient (Wildman–Crippen LogP) is 2.49. The van der Waals surface area contributed by atoms with Crippen LogP contribution in [0.4, 0.5) is 0 Å². The van der Waals surface area contributed by atoms with Crippen LogP contribution in [0.25, 0.3) is 22.5 Å². The first-order valence-corrected chi connectivity index (χ1v) is 9.58. The minimum atomic E-state index is -0.954. The summed E-state index contributed by atoms with van der Waals surface area (Å²) in [7, 11) is 0. The van der Waals surface area contributed by atoms with Gasteiger partial charge in [0.15, 0.2) is 11.5 Å². The molecule has 0 saturated heterocycles. The lowest BCUT2D eigenvalue weighted by atomic mass is 9.89. The van der Waals surface area contributed by atoms with Gasteiger partial charge in [-0.1, -0.05) is 0 Å². The van der Waals surface area contributed by atoms with E-state index in [1.165, 1.54) is 0 Å². The van der Waals surface area contributed by atoms with Crippen molar-refractivity contribution in [2.24, 2.45) is 5.73 Å². The second kappa shape index (κ2) is 6.89. The number of carboxylic acids is 1. The highest BCUT2D eigenvalue weighted by Gasteiger charge is 2.28. The van der Waals surface area contributed by atoms with Gasteiger partial charge < -0.3 is 20.3 Å². The normalized spacial score (nSPS) is 13.8. The van der Waals surface area contributed by atoms with Crippen LogP contribution in [-0.4, -0.2) is 39.2 Å². The SMILES string of the molecule is NCCCn1nc2c(c1C(=O)O)CCc1cnc(-c3ccc4c(c3)OCO4)cc1-2. The molecule has 0 bridgehead atoms. The average molecular weight is 392 g/mol. The van der Waals surface area contributed by atoms with Crippen LogP contribution in [0.3, 0.4) is 0 Å². The fraction of sp³-hybridized carbons (Fsp3) is 0.286. The Kier molecular flexibility index (Phi) is 4.21. The molecule has 0 unspecified atom stereocenters. The van der Waals surface area contributed by atoms with E-state index < -0.39 is 5.97 Å². The number of hydrogen-bond acceptors (Lipinski definition) is 6. The highest BCUT2D eigenvalue weighted by Crippen LogP contribution is 2.39. The highest BCUT2D eigenvalue weighted by molar-refractivity contribution is 5.91. The predicted molar refractivity (Wildman–Crippen MR) is 105 cm³/mol. The van der Waals surface area contributed by atoms with Gasteiger partial charge in [0.05, 0.1) is 11.4 Å². The number of aryl methyl sites for hydroxylation is 2. The van der Waals surface area contributed by atoms with Gasteiger partial charge in [0, 0.05) is 29.4 Å². The summed E-state index contributed by atoms with van der Waals surface area (Å²) >= 11 is 0. The Morgan fingerprint density at radius 2 is 2.07 bits per heavy atom. The number of aromatic carboxylic acids is 1. The first kappa shape index (κ1) is 17.7. The smallest absolute Gasteiger partial charge is 0.354 e. The maximum Gasteiger partial charge on any atom is 0.354 e. The van der Waals surface area contributed by atoms with Crippen molar-refractivity contribution in [3.63, 3.8) is 0 Å². The standard InChI is InChI=1S/C21H20N4O4/c22-6-1-7-25-20(21(26)27)14-4-2-13-10-23-16(9-15(13)19(14)24-25)12-3-5-17-18(8-12)29-11-28-17/h3,5,8-10H,1-2,4,6-7,11,22H2,(H,26,27). The van der Waals surface area contributed by atoms with E-state index in [-0.39, 0.29) is 12.5 Å². The Bertz CT molecular complexity index is 1120. The monoisotopic (exact) mass is 392 g/mol. The summed E-state index contributed by atoms with van der Waals surface area (Å²) in [6.45, 7) is 1.19. The third-order valence-corrected chi connectivity index (χ3v) is 5.38. The summed E-state index contributed by atoms with van der Waals surface area (Å²) in [5.41, 5.74) is 11.1. The van der Waals surface area contributed by atoms with Gasteiger partial charge in [-0.05, 0) is 55.6 Å². The van der Waals surface area contributed by atoms with Crippen LogP contribution >= 0.6 is 0 Å². The molecule has 1 aliphatic heterocycles. The number of carboxylic acid groups (broad SMARTS) is 1. The fourth-order valence-corrected chi connectivity index (χ4v) is 3.97. The zero-order valence-electron chi connectivity index (χ0n) is 15.7. The van der Waals surface area contributed by atoms with Gasteiger partial charge in [0.2, 0.25) is 6.79 Å². The average Bonchev–Trinajstić information content (AvgIpc) is 3.35. The lowest BCUT2D eigenvalue weighted by Crippen LogP contribution is -2.14. The molecule has 2 aliphatic rings. The van der Waals surface area contributed by atoms with E-state index in [1.807, 2.05) is 30.5 Å². The number of hydrogen-bond donors (Lipinski definition) is 2. The van der Waals surface area contributed by atoms with Crippen LogP contribution in [0.1, 0.15) is 28.0 Å². The van der Waals surface area contributed by atoms with Gasteiger partial charge in [-0.25, -0.2) is 4.79 Å². The molecule has 0 spiro atoms. The van der Waals surface area contributed by atoms with Gasteiger partial charge in [-0.15, -0.1) is 0 Å². The molecular formula is C21H20N4O4. The molecule has 3 N–H and O–H groups in total. The van der Waals surface area contributed by atoms with Gasteiger partial charge in [-0.2, -0.15) is 5.10 Å². The van der Waals surface area contributed by atoms with E-state index in [0.29, 0.717) is 31.7 Å². The van der Waals surface area contributed by atoms with Crippen molar-refractivity contribution in [1.29, 1.82) is 0 Å². The summed E-state index contributed by atoms with van der Waals surface area (Å²) < 4.78 is 12.4. The number of fused-ring (bicyclic) bond motifs is 4. The van der Waals surface area contributed by atoms with E-state index >= 15 is 0 Å². The Morgan fingerprint density at radius 3 is 2.90 bits per heavy atom. The van der Waals surface area contributed by atoms with Crippen molar-refractivity contribution in [1.82, 2.24) is 14.8 Å². The molecule has 3 aromatic rings.